The Morgan fingerprint density at radius 1 is 1.08 bits per heavy atom. The standard InChI is InChI=1S/C20H35N5O/c1-22(2)14-15-26-20-16-17(21)4-5-19(20)25-8-6-18(7-9-25)24-12-10-23(3)11-13-24/h4-5,16,18H,6-15,21H2,1-3H3. The van der Waals surface area contributed by atoms with Crippen molar-refractivity contribution < 1.29 is 4.74 Å². The van der Waals surface area contributed by atoms with Gasteiger partial charge in [-0.25, -0.2) is 0 Å². The summed E-state index contributed by atoms with van der Waals surface area (Å²) in [5, 5.41) is 0. The second kappa shape index (κ2) is 8.93. The molecule has 146 valence electrons. The molecule has 2 aliphatic rings. The Bertz CT molecular complexity index is 563. The minimum absolute atomic E-state index is 0.682. The van der Waals surface area contributed by atoms with E-state index in [4.69, 9.17) is 10.5 Å². The SMILES string of the molecule is CN(C)CCOc1cc(N)ccc1N1CCC(N2CCN(C)CC2)CC1. The average Bonchev–Trinajstić information content (AvgIpc) is 2.62. The van der Waals surface area contributed by atoms with Gasteiger partial charge in [0.1, 0.15) is 12.4 Å². The van der Waals surface area contributed by atoms with E-state index < -0.39 is 0 Å². The van der Waals surface area contributed by atoms with E-state index in [2.05, 4.69) is 46.8 Å². The predicted molar refractivity (Wildman–Crippen MR) is 109 cm³/mol. The average molecular weight is 362 g/mol. The number of ether oxygens (including phenoxy) is 1. The molecule has 1 aromatic rings. The van der Waals surface area contributed by atoms with Crippen molar-refractivity contribution >= 4 is 11.4 Å². The van der Waals surface area contributed by atoms with Crippen LogP contribution in [-0.2, 0) is 0 Å². The van der Waals surface area contributed by atoms with Gasteiger partial charge < -0.3 is 25.2 Å². The highest BCUT2D eigenvalue weighted by molar-refractivity contribution is 5.64. The summed E-state index contributed by atoms with van der Waals surface area (Å²) in [7, 11) is 6.35. The molecule has 0 radical (unpaired) electrons. The van der Waals surface area contributed by atoms with E-state index in [1.54, 1.807) is 0 Å². The number of anilines is 2. The third-order valence-corrected chi connectivity index (χ3v) is 5.64. The third-order valence-electron chi connectivity index (χ3n) is 5.64. The lowest BCUT2D eigenvalue weighted by Crippen LogP contribution is -2.52. The molecule has 2 aliphatic heterocycles. The minimum atomic E-state index is 0.682. The van der Waals surface area contributed by atoms with Gasteiger partial charge in [-0.3, -0.25) is 4.90 Å². The van der Waals surface area contributed by atoms with Crippen LogP contribution in [0.1, 0.15) is 12.8 Å². The van der Waals surface area contributed by atoms with Gasteiger partial charge in [0.2, 0.25) is 0 Å². The number of piperazine rings is 1. The van der Waals surface area contributed by atoms with Gasteiger partial charge in [0.15, 0.2) is 0 Å². The number of nitrogens with two attached hydrogens (primary N) is 1. The van der Waals surface area contributed by atoms with Gasteiger partial charge in [0.25, 0.3) is 0 Å². The summed E-state index contributed by atoms with van der Waals surface area (Å²) in [4.78, 5) is 9.72. The molecule has 2 heterocycles. The number of hydrogen-bond donors (Lipinski definition) is 1. The first kappa shape index (κ1) is 19.3. The van der Waals surface area contributed by atoms with E-state index in [1.807, 2.05) is 12.1 Å². The third kappa shape index (κ3) is 5.02. The van der Waals surface area contributed by atoms with Crippen molar-refractivity contribution in [2.45, 2.75) is 18.9 Å². The first-order chi connectivity index (χ1) is 12.5. The van der Waals surface area contributed by atoms with Crippen LogP contribution in [0, 0.1) is 0 Å². The van der Waals surface area contributed by atoms with Gasteiger partial charge in [-0.2, -0.15) is 0 Å². The fourth-order valence-corrected chi connectivity index (χ4v) is 3.90. The summed E-state index contributed by atoms with van der Waals surface area (Å²) in [5.41, 5.74) is 7.95. The fraction of sp³-hybridized carbons (Fsp3) is 0.700. The molecule has 2 fully saturated rings. The lowest BCUT2D eigenvalue weighted by molar-refractivity contribution is 0.0981. The largest absolute Gasteiger partial charge is 0.490 e. The molecule has 2 saturated heterocycles. The Kier molecular flexibility index (Phi) is 6.62. The zero-order valence-corrected chi connectivity index (χ0v) is 16.7. The van der Waals surface area contributed by atoms with Crippen LogP contribution in [0.2, 0.25) is 0 Å². The minimum Gasteiger partial charge on any atom is -0.490 e. The van der Waals surface area contributed by atoms with E-state index >= 15 is 0 Å². The molecule has 0 unspecified atom stereocenters. The molecule has 0 aromatic heterocycles. The zero-order valence-electron chi connectivity index (χ0n) is 16.7. The highest BCUT2D eigenvalue weighted by Gasteiger charge is 2.27. The molecule has 0 atom stereocenters. The van der Waals surface area contributed by atoms with Gasteiger partial charge in [-0.1, -0.05) is 0 Å². The van der Waals surface area contributed by atoms with Crippen LogP contribution in [0.3, 0.4) is 0 Å². The lowest BCUT2D eigenvalue weighted by atomic mass is 10.0. The number of hydrogen-bond acceptors (Lipinski definition) is 6. The van der Waals surface area contributed by atoms with Crippen LogP contribution in [0.25, 0.3) is 0 Å². The van der Waals surface area contributed by atoms with Crippen molar-refractivity contribution in [3.05, 3.63) is 18.2 Å². The number of rotatable bonds is 6. The van der Waals surface area contributed by atoms with Crippen molar-refractivity contribution in [3.8, 4) is 5.75 Å². The molecule has 2 N–H and O–H groups in total. The fourth-order valence-electron chi connectivity index (χ4n) is 3.90. The summed E-state index contributed by atoms with van der Waals surface area (Å²) in [6, 6.07) is 6.81. The summed E-state index contributed by atoms with van der Waals surface area (Å²) in [6.45, 7) is 8.57. The molecule has 3 rings (SSSR count). The maximum absolute atomic E-state index is 6.06. The smallest absolute Gasteiger partial charge is 0.144 e. The van der Waals surface area contributed by atoms with Crippen molar-refractivity contribution in [2.24, 2.45) is 0 Å². The lowest BCUT2D eigenvalue weighted by Gasteiger charge is -2.42. The molecule has 6 nitrogen and oxygen atoms in total. The van der Waals surface area contributed by atoms with Crippen LogP contribution in [0.15, 0.2) is 18.2 Å². The first-order valence-corrected chi connectivity index (χ1v) is 9.87. The summed E-state index contributed by atoms with van der Waals surface area (Å²) in [6.07, 6.45) is 2.45. The Morgan fingerprint density at radius 3 is 2.42 bits per heavy atom. The van der Waals surface area contributed by atoms with Crippen molar-refractivity contribution in [3.63, 3.8) is 0 Å². The molecular formula is C20H35N5O. The van der Waals surface area contributed by atoms with Crippen molar-refractivity contribution in [1.82, 2.24) is 14.7 Å². The molecule has 0 bridgehead atoms. The monoisotopic (exact) mass is 361 g/mol. The molecule has 0 amide bonds. The number of benzene rings is 1. The number of piperidine rings is 1. The summed E-state index contributed by atoms with van der Waals surface area (Å²) in [5.74, 6) is 0.921. The van der Waals surface area contributed by atoms with E-state index in [0.29, 0.717) is 6.61 Å². The molecule has 6 heteroatoms. The van der Waals surface area contributed by atoms with Crippen LogP contribution in [0.5, 0.6) is 5.75 Å². The van der Waals surface area contributed by atoms with Crippen LogP contribution >= 0.6 is 0 Å². The first-order valence-electron chi connectivity index (χ1n) is 9.87. The van der Waals surface area contributed by atoms with Crippen molar-refractivity contribution in [1.29, 1.82) is 0 Å². The topological polar surface area (TPSA) is 48.2 Å². The van der Waals surface area contributed by atoms with E-state index in [0.717, 1.165) is 37.1 Å². The second-order valence-electron chi connectivity index (χ2n) is 7.94. The Morgan fingerprint density at radius 2 is 1.77 bits per heavy atom. The molecular weight excluding hydrogens is 326 g/mol. The highest BCUT2D eigenvalue weighted by Crippen LogP contribution is 2.33. The molecule has 26 heavy (non-hydrogen) atoms. The molecule has 0 saturated carbocycles. The summed E-state index contributed by atoms with van der Waals surface area (Å²) >= 11 is 0. The van der Waals surface area contributed by atoms with Gasteiger partial charge in [0.05, 0.1) is 5.69 Å². The maximum Gasteiger partial charge on any atom is 0.144 e. The number of nitrogens with zero attached hydrogens (tertiary/aromatic N) is 4. The predicted octanol–water partition coefficient (Wildman–Crippen LogP) is 1.43. The van der Waals surface area contributed by atoms with Crippen molar-refractivity contribution in [2.75, 3.05) is 84.2 Å². The van der Waals surface area contributed by atoms with E-state index in [-0.39, 0.29) is 0 Å². The van der Waals surface area contributed by atoms with Gasteiger partial charge >= 0.3 is 0 Å². The zero-order chi connectivity index (χ0) is 18.5. The second-order valence-corrected chi connectivity index (χ2v) is 7.94. The van der Waals surface area contributed by atoms with Gasteiger partial charge in [0, 0.05) is 63.6 Å². The van der Waals surface area contributed by atoms with Gasteiger partial charge in [-0.05, 0) is 46.1 Å². The molecule has 0 spiro atoms. The molecule has 0 aliphatic carbocycles. The molecule has 1 aromatic carbocycles. The quantitative estimate of drug-likeness (QED) is 0.774. The van der Waals surface area contributed by atoms with Gasteiger partial charge in [-0.15, -0.1) is 0 Å². The summed E-state index contributed by atoms with van der Waals surface area (Å²) < 4.78 is 6.06. The number of likely N-dealkylation sites (N-methyl/N-ethyl adjacent to an activating group) is 2. The van der Waals surface area contributed by atoms with Crippen LogP contribution in [-0.4, -0.2) is 94.3 Å². The van der Waals surface area contributed by atoms with Crippen LogP contribution < -0.4 is 15.4 Å². The highest BCUT2D eigenvalue weighted by atomic mass is 16.5. The normalized spacial score (nSPS) is 20.7. The Labute approximate surface area is 158 Å². The number of nitrogen functional groups attached to an aromatic ring is 1. The Balaban J connectivity index is 1.58. The Hall–Kier alpha value is -1.50. The van der Waals surface area contributed by atoms with E-state index in [1.165, 1.54) is 44.7 Å². The maximum atomic E-state index is 6.06. The van der Waals surface area contributed by atoms with E-state index in [9.17, 15) is 0 Å². The van der Waals surface area contributed by atoms with Crippen LogP contribution in [0.4, 0.5) is 11.4 Å².